The standard InChI is InChI=1S/C24H28ClN3O4/c1-13-7-15(3)23(16(4)8-13)26-21(29)12-27(5)19-11-22(30)28(24(19)31)18-9-14(2)17(25)10-20(18)32-6/h7-10,19H,11-12H2,1-6H3,(H,26,29)/t19-/m0/s1. The third-order valence-corrected chi connectivity index (χ3v) is 6.10. The zero-order valence-corrected chi connectivity index (χ0v) is 20.0. The van der Waals surface area contributed by atoms with Crippen LogP contribution in [0.25, 0.3) is 0 Å². The van der Waals surface area contributed by atoms with Crippen LogP contribution in [0.5, 0.6) is 5.75 Å². The summed E-state index contributed by atoms with van der Waals surface area (Å²) in [5, 5.41) is 3.42. The summed E-state index contributed by atoms with van der Waals surface area (Å²) >= 11 is 6.16. The van der Waals surface area contributed by atoms with Crippen molar-refractivity contribution >= 4 is 40.7 Å². The van der Waals surface area contributed by atoms with Crippen LogP contribution in [0.3, 0.4) is 0 Å². The van der Waals surface area contributed by atoms with Crippen LogP contribution in [0.15, 0.2) is 24.3 Å². The number of hydrogen-bond donors (Lipinski definition) is 1. The van der Waals surface area contributed by atoms with Crippen molar-refractivity contribution in [2.24, 2.45) is 0 Å². The van der Waals surface area contributed by atoms with Gasteiger partial charge in [-0.2, -0.15) is 0 Å². The number of hydrogen-bond acceptors (Lipinski definition) is 5. The normalized spacial score (nSPS) is 16.1. The lowest BCUT2D eigenvalue weighted by atomic mass is 10.1. The maximum absolute atomic E-state index is 13.2. The van der Waals surface area contributed by atoms with E-state index in [9.17, 15) is 14.4 Å². The zero-order chi connectivity index (χ0) is 23.7. The maximum atomic E-state index is 13.2. The molecule has 7 nitrogen and oxygen atoms in total. The van der Waals surface area contributed by atoms with E-state index in [0.29, 0.717) is 16.5 Å². The lowest BCUT2D eigenvalue weighted by Gasteiger charge is -2.23. The topological polar surface area (TPSA) is 79.0 Å². The number of ether oxygens (including phenoxy) is 1. The summed E-state index contributed by atoms with van der Waals surface area (Å²) in [5.74, 6) is -0.652. The summed E-state index contributed by atoms with van der Waals surface area (Å²) in [5.41, 5.74) is 4.92. The molecule has 0 spiro atoms. The van der Waals surface area contributed by atoms with E-state index in [1.54, 1.807) is 31.0 Å². The predicted octanol–water partition coefficient (Wildman–Crippen LogP) is 3.78. The highest BCUT2D eigenvalue weighted by molar-refractivity contribution is 6.32. The fourth-order valence-corrected chi connectivity index (χ4v) is 4.25. The van der Waals surface area contributed by atoms with Gasteiger partial charge in [-0.15, -0.1) is 0 Å². The molecule has 0 radical (unpaired) electrons. The Balaban J connectivity index is 1.76. The second-order valence-corrected chi connectivity index (χ2v) is 8.70. The Hall–Kier alpha value is -2.90. The first-order valence-electron chi connectivity index (χ1n) is 10.3. The first-order valence-corrected chi connectivity index (χ1v) is 10.7. The van der Waals surface area contributed by atoms with Crippen LogP contribution in [-0.2, 0) is 14.4 Å². The Morgan fingerprint density at radius 3 is 2.34 bits per heavy atom. The van der Waals surface area contributed by atoms with E-state index in [1.807, 2.05) is 32.9 Å². The molecular weight excluding hydrogens is 430 g/mol. The number of methoxy groups -OCH3 is 1. The molecule has 1 atom stereocenters. The smallest absolute Gasteiger partial charge is 0.251 e. The number of benzene rings is 2. The van der Waals surface area contributed by atoms with Gasteiger partial charge in [-0.3, -0.25) is 19.3 Å². The number of anilines is 2. The van der Waals surface area contributed by atoms with Crippen LogP contribution in [0.4, 0.5) is 11.4 Å². The molecule has 32 heavy (non-hydrogen) atoms. The largest absolute Gasteiger partial charge is 0.495 e. The zero-order valence-electron chi connectivity index (χ0n) is 19.2. The second kappa shape index (κ2) is 9.30. The molecule has 0 saturated carbocycles. The number of nitrogens with zero attached hydrogens (tertiary/aromatic N) is 2. The lowest BCUT2D eigenvalue weighted by Crippen LogP contribution is -2.43. The van der Waals surface area contributed by atoms with Gasteiger partial charge in [0.05, 0.1) is 31.8 Å². The van der Waals surface area contributed by atoms with Gasteiger partial charge in [-0.25, -0.2) is 4.90 Å². The van der Waals surface area contributed by atoms with Crippen molar-refractivity contribution in [2.45, 2.75) is 40.2 Å². The molecular formula is C24H28ClN3O4. The highest BCUT2D eigenvalue weighted by Crippen LogP contribution is 2.37. The van der Waals surface area contributed by atoms with E-state index >= 15 is 0 Å². The number of carbonyl (C=O) groups excluding carboxylic acids is 3. The number of amides is 3. The number of rotatable bonds is 6. The minimum atomic E-state index is -0.742. The summed E-state index contributed by atoms with van der Waals surface area (Å²) in [6.07, 6.45) is -0.0178. The summed E-state index contributed by atoms with van der Waals surface area (Å²) in [7, 11) is 3.12. The molecule has 3 amide bonds. The van der Waals surface area contributed by atoms with Crippen molar-refractivity contribution in [2.75, 3.05) is 30.9 Å². The van der Waals surface area contributed by atoms with Gasteiger partial charge in [0.2, 0.25) is 11.8 Å². The van der Waals surface area contributed by atoms with Gasteiger partial charge in [-0.05, 0) is 57.5 Å². The third kappa shape index (κ3) is 4.64. The molecule has 1 heterocycles. The molecule has 0 aliphatic carbocycles. The third-order valence-electron chi connectivity index (χ3n) is 5.69. The Bertz CT molecular complexity index is 1080. The van der Waals surface area contributed by atoms with E-state index in [2.05, 4.69) is 5.32 Å². The van der Waals surface area contributed by atoms with Crippen LogP contribution in [0, 0.1) is 27.7 Å². The molecule has 2 aromatic rings. The summed E-state index contributed by atoms with van der Waals surface area (Å²) in [6.45, 7) is 7.65. The van der Waals surface area contributed by atoms with Crippen molar-refractivity contribution in [1.82, 2.24) is 4.90 Å². The molecule has 0 aromatic heterocycles. The lowest BCUT2D eigenvalue weighted by molar-refractivity contribution is -0.123. The van der Waals surface area contributed by atoms with E-state index in [-0.39, 0.29) is 24.8 Å². The molecule has 1 aliphatic heterocycles. The highest BCUT2D eigenvalue weighted by Gasteiger charge is 2.43. The average molecular weight is 458 g/mol. The van der Waals surface area contributed by atoms with E-state index in [4.69, 9.17) is 16.3 Å². The fraction of sp³-hybridized carbons (Fsp3) is 0.375. The minimum Gasteiger partial charge on any atom is -0.495 e. The number of carbonyl (C=O) groups is 3. The summed E-state index contributed by atoms with van der Waals surface area (Å²) < 4.78 is 5.34. The van der Waals surface area contributed by atoms with E-state index in [0.717, 1.165) is 32.8 Å². The highest BCUT2D eigenvalue weighted by atomic mass is 35.5. The van der Waals surface area contributed by atoms with Gasteiger partial charge in [-0.1, -0.05) is 29.3 Å². The van der Waals surface area contributed by atoms with E-state index < -0.39 is 11.9 Å². The van der Waals surface area contributed by atoms with Crippen LogP contribution < -0.4 is 15.0 Å². The first kappa shape index (κ1) is 23.8. The second-order valence-electron chi connectivity index (χ2n) is 8.30. The quantitative estimate of drug-likeness (QED) is 0.668. The Kier molecular flexibility index (Phi) is 6.91. The van der Waals surface area contributed by atoms with Gasteiger partial charge in [0.15, 0.2) is 0 Å². The van der Waals surface area contributed by atoms with Crippen molar-refractivity contribution in [3.63, 3.8) is 0 Å². The Morgan fingerprint density at radius 2 is 1.75 bits per heavy atom. The van der Waals surface area contributed by atoms with Crippen LogP contribution in [0.1, 0.15) is 28.7 Å². The van der Waals surface area contributed by atoms with Gasteiger partial charge in [0.1, 0.15) is 5.75 Å². The molecule has 1 N–H and O–H groups in total. The molecule has 1 fully saturated rings. The SMILES string of the molecule is COc1cc(Cl)c(C)cc1N1C(=O)C[C@H](N(C)CC(=O)Nc2c(C)cc(C)cc2C)C1=O. The maximum Gasteiger partial charge on any atom is 0.251 e. The van der Waals surface area contributed by atoms with Crippen LogP contribution >= 0.6 is 11.6 Å². The number of nitrogens with one attached hydrogen (secondary N) is 1. The summed E-state index contributed by atoms with van der Waals surface area (Å²) in [6, 6.07) is 6.52. The van der Waals surface area contributed by atoms with Crippen molar-refractivity contribution in [3.05, 3.63) is 51.5 Å². The van der Waals surface area contributed by atoms with Gasteiger partial charge in [0, 0.05) is 16.8 Å². The molecule has 2 aromatic carbocycles. The molecule has 0 bridgehead atoms. The predicted molar refractivity (Wildman–Crippen MR) is 126 cm³/mol. The van der Waals surface area contributed by atoms with E-state index in [1.165, 1.54) is 7.11 Å². The van der Waals surface area contributed by atoms with Crippen molar-refractivity contribution in [3.8, 4) is 5.75 Å². The van der Waals surface area contributed by atoms with Gasteiger partial charge in [0.25, 0.3) is 5.91 Å². The molecule has 0 unspecified atom stereocenters. The fourth-order valence-electron chi connectivity index (χ4n) is 4.09. The summed E-state index contributed by atoms with van der Waals surface area (Å²) in [4.78, 5) is 41.3. The molecule has 1 aliphatic rings. The van der Waals surface area contributed by atoms with Gasteiger partial charge >= 0.3 is 0 Å². The molecule has 1 saturated heterocycles. The average Bonchev–Trinajstić information content (AvgIpc) is 3.00. The van der Waals surface area contributed by atoms with Crippen molar-refractivity contribution < 1.29 is 19.1 Å². The number of likely N-dealkylation sites (N-methyl/N-ethyl adjacent to an activating group) is 1. The molecule has 170 valence electrons. The number of aryl methyl sites for hydroxylation is 4. The van der Waals surface area contributed by atoms with Crippen LogP contribution in [-0.4, -0.2) is 49.4 Å². The number of imide groups is 1. The Morgan fingerprint density at radius 1 is 1.12 bits per heavy atom. The molecule has 3 rings (SSSR count). The monoisotopic (exact) mass is 457 g/mol. The first-order chi connectivity index (χ1) is 15.0. The number of halogens is 1. The molecule has 8 heteroatoms. The van der Waals surface area contributed by atoms with Crippen LogP contribution in [0.2, 0.25) is 5.02 Å². The van der Waals surface area contributed by atoms with Gasteiger partial charge < -0.3 is 10.1 Å². The Labute approximate surface area is 193 Å². The minimum absolute atomic E-state index is 0.0178. The van der Waals surface area contributed by atoms with Crippen molar-refractivity contribution in [1.29, 1.82) is 0 Å².